The van der Waals surface area contributed by atoms with Crippen LogP contribution in [0.4, 0.5) is 0 Å². The first kappa shape index (κ1) is 25.2. The van der Waals surface area contributed by atoms with Crippen LogP contribution >= 0.6 is 0 Å². The Morgan fingerprint density at radius 2 is 0.826 bits per heavy atom. The van der Waals surface area contributed by atoms with E-state index in [1.54, 1.807) is 0 Å². The van der Waals surface area contributed by atoms with Crippen molar-refractivity contribution in [2.45, 2.75) is 0 Å². The maximum atomic E-state index is 2.43. The molecule has 0 aliphatic rings. The Labute approximate surface area is 266 Å². The van der Waals surface area contributed by atoms with E-state index >= 15 is 0 Å². The first-order valence-corrected chi connectivity index (χ1v) is 15.9. The number of hydrogen-bond acceptors (Lipinski definition) is 0. The molecule has 0 fully saturated rings. The third kappa shape index (κ3) is 3.59. The predicted octanol–water partition coefficient (Wildman–Crippen LogP) is 11.9. The van der Waals surface area contributed by atoms with Gasteiger partial charge in [-0.05, 0) is 81.2 Å². The molecule has 0 saturated carbocycles. The van der Waals surface area contributed by atoms with Crippen LogP contribution in [0, 0.1) is 0 Å². The van der Waals surface area contributed by atoms with Crippen molar-refractivity contribution in [3.8, 4) is 22.5 Å². The molecule has 10 rings (SSSR count). The molecule has 214 valence electrons. The monoisotopic (exact) mass is 584 g/mol. The first-order chi connectivity index (χ1) is 22.8. The lowest BCUT2D eigenvalue weighted by atomic mass is 9.98. The Bertz CT molecular complexity index is 2790. The van der Waals surface area contributed by atoms with E-state index in [2.05, 4.69) is 179 Å². The van der Waals surface area contributed by atoms with Crippen molar-refractivity contribution in [2.24, 2.45) is 0 Å². The summed E-state index contributed by atoms with van der Waals surface area (Å²) in [5, 5.41) is 10.2. The maximum absolute atomic E-state index is 2.43. The Morgan fingerprint density at radius 1 is 0.304 bits per heavy atom. The van der Waals surface area contributed by atoms with Crippen LogP contribution in [-0.4, -0.2) is 9.13 Å². The maximum Gasteiger partial charge on any atom is 0.0548 e. The zero-order chi connectivity index (χ0) is 30.2. The molecule has 46 heavy (non-hydrogen) atoms. The van der Waals surface area contributed by atoms with Gasteiger partial charge in [0.25, 0.3) is 0 Å². The van der Waals surface area contributed by atoms with Gasteiger partial charge in [-0.3, -0.25) is 0 Å². The lowest BCUT2D eigenvalue weighted by Crippen LogP contribution is -1.95. The van der Waals surface area contributed by atoms with E-state index in [9.17, 15) is 0 Å². The summed E-state index contributed by atoms with van der Waals surface area (Å²) >= 11 is 0. The molecule has 0 saturated heterocycles. The summed E-state index contributed by atoms with van der Waals surface area (Å²) in [5.41, 5.74) is 9.69. The van der Waals surface area contributed by atoms with Gasteiger partial charge in [-0.1, -0.05) is 121 Å². The highest BCUT2D eigenvalue weighted by molar-refractivity contribution is 6.29. The second-order valence-electron chi connectivity index (χ2n) is 12.2. The molecule has 0 spiro atoms. The van der Waals surface area contributed by atoms with Gasteiger partial charge in [0.05, 0.1) is 22.1 Å². The molecule has 10 aromatic rings. The number of rotatable bonds is 3. The van der Waals surface area contributed by atoms with Crippen LogP contribution in [0.3, 0.4) is 0 Å². The Morgan fingerprint density at radius 3 is 1.52 bits per heavy atom. The third-order valence-electron chi connectivity index (χ3n) is 9.69. The average Bonchev–Trinajstić information content (AvgIpc) is 3.64. The van der Waals surface area contributed by atoms with Gasteiger partial charge in [-0.2, -0.15) is 0 Å². The van der Waals surface area contributed by atoms with Crippen molar-refractivity contribution in [3.63, 3.8) is 0 Å². The number of nitrogens with zero attached hydrogens (tertiary/aromatic N) is 2. The fraction of sp³-hybridized carbons (Fsp3) is 0. The van der Waals surface area contributed by atoms with E-state index in [-0.39, 0.29) is 0 Å². The average molecular weight is 585 g/mol. The van der Waals surface area contributed by atoms with Crippen LogP contribution in [0.5, 0.6) is 0 Å². The van der Waals surface area contributed by atoms with Crippen molar-refractivity contribution in [3.05, 3.63) is 170 Å². The topological polar surface area (TPSA) is 9.86 Å². The van der Waals surface area contributed by atoms with E-state index in [0.29, 0.717) is 0 Å². The van der Waals surface area contributed by atoms with Gasteiger partial charge in [0.2, 0.25) is 0 Å². The highest BCUT2D eigenvalue weighted by Gasteiger charge is 2.20. The summed E-state index contributed by atoms with van der Waals surface area (Å²) in [6.45, 7) is 0. The molecule has 0 amide bonds. The number of aromatic nitrogens is 2. The Kier molecular flexibility index (Phi) is 5.31. The van der Waals surface area contributed by atoms with Gasteiger partial charge < -0.3 is 9.13 Å². The van der Waals surface area contributed by atoms with E-state index in [4.69, 9.17) is 0 Å². The molecule has 0 aliphatic carbocycles. The van der Waals surface area contributed by atoms with Gasteiger partial charge in [0, 0.05) is 32.9 Å². The smallest absolute Gasteiger partial charge is 0.0548 e. The van der Waals surface area contributed by atoms with Crippen molar-refractivity contribution >= 4 is 65.2 Å². The number of fused-ring (bicyclic) bond motifs is 9. The predicted molar refractivity (Wildman–Crippen MR) is 196 cm³/mol. The summed E-state index contributed by atoms with van der Waals surface area (Å²) in [6.07, 6.45) is 0. The minimum absolute atomic E-state index is 1.16. The van der Waals surface area contributed by atoms with Crippen molar-refractivity contribution in [1.82, 2.24) is 9.13 Å². The lowest BCUT2D eigenvalue weighted by molar-refractivity contribution is 1.17. The molecular weight excluding hydrogens is 556 g/mol. The number of hydrogen-bond donors (Lipinski definition) is 0. The third-order valence-corrected chi connectivity index (χ3v) is 9.69. The summed E-state index contributed by atoms with van der Waals surface area (Å²) < 4.78 is 4.86. The van der Waals surface area contributed by atoms with Crippen LogP contribution in [0.1, 0.15) is 0 Å². The molecule has 2 heterocycles. The lowest BCUT2D eigenvalue weighted by Gasteiger charge is -2.11. The molecule has 8 aromatic carbocycles. The Hall–Kier alpha value is -6.12. The minimum atomic E-state index is 1.16. The van der Waals surface area contributed by atoms with Gasteiger partial charge in [0.15, 0.2) is 0 Å². The standard InChI is InChI=1S/C44H28N2/c1-2-12-32-28-34(25-20-29(32)10-1)46-40-19-8-6-16-38(40)44-42(46)27-26-41-43(44)37-15-5-7-18-39(37)45(41)33-23-21-31(22-24-33)36-17-9-13-30-11-3-4-14-35(30)36/h1-28H. The van der Waals surface area contributed by atoms with E-state index in [0.717, 1.165) is 5.69 Å². The van der Waals surface area contributed by atoms with E-state index < -0.39 is 0 Å². The number of para-hydroxylation sites is 2. The van der Waals surface area contributed by atoms with E-state index in [1.165, 1.54) is 82.0 Å². The molecule has 0 radical (unpaired) electrons. The van der Waals surface area contributed by atoms with E-state index in [1.807, 2.05) is 0 Å². The van der Waals surface area contributed by atoms with Gasteiger partial charge in [0.1, 0.15) is 0 Å². The molecule has 0 N–H and O–H groups in total. The number of benzene rings is 8. The van der Waals surface area contributed by atoms with Crippen molar-refractivity contribution in [1.29, 1.82) is 0 Å². The summed E-state index contributed by atoms with van der Waals surface area (Å²) in [4.78, 5) is 0. The van der Waals surface area contributed by atoms with Crippen LogP contribution in [0.15, 0.2) is 170 Å². The molecule has 2 heteroatoms. The second kappa shape index (κ2) is 9.69. The highest BCUT2D eigenvalue weighted by atomic mass is 15.0. The van der Waals surface area contributed by atoms with Crippen molar-refractivity contribution < 1.29 is 0 Å². The highest BCUT2D eigenvalue weighted by Crippen LogP contribution is 2.42. The van der Waals surface area contributed by atoms with Gasteiger partial charge in [-0.15, -0.1) is 0 Å². The van der Waals surface area contributed by atoms with Gasteiger partial charge in [-0.25, -0.2) is 0 Å². The molecule has 2 nitrogen and oxygen atoms in total. The van der Waals surface area contributed by atoms with Crippen LogP contribution in [0.2, 0.25) is 0 Å². The molecular formula is C44H28N2. The largest absolute Gasteiger partial charge is 0.309 e. The normalized spacial score (nSPS) is 11.9. The first-order valence-electron chi connectivity index (χ1n) is 15.9. The Balaban J connectivity index is 1.23. The minimum Gasteiger partial charge on any atom is -0.309 e. The van der Waals surface area contributed by atoms with Crippen LogP contribution in [0.25, 0.3) is 87.7 Å². The quantitative estimate of drug-likeness (QED) is 0.195. The molecule has 0 atom stereocenters. The van der Waals surface area contributed by atoms with Crippen LogP contribution < -0.4 is 0 Å². The molecule has 0 unspecified atom stereocenters. The SMILES string of the molecule is c1ccc2cc(-n3c4ccccc4c4c5c6ccccc6n(-c6ccc(-c7cccc8ccccc78)cc6)c5ccc43)ccc2c1. The van der Waals surface area contributed by atoms with Crippen LogP contribution in [-0.2, 0) is 0 Å². The zero-order valence-electron chi connectivity index (χ0n) is 25.1. The fourth-order valence-corrected chi connectivity index (χ4v) is 7.66. The fourth-order valence-electron chi connectivity index (χ4n) is 7.66. The summed E-state index contributed by atoms with van der Waals surface area (Å²) in [7, 11) is 0. The molecule has 0 bridgehead atoms. The zero-order valence-corrected chi connectivity index (χ0v) is 25.1. The van der Waals surface area contributed by atoms with Crippen molar-refractivity contribution in [2.75, 3.05) is 0 Å². The second-order valence-corrected chi connectivity index (χ2v) is 12.2. The summed E-state index contributed by atoms with van der Waals surface area (Å²) in [5.74, 6) is 0. The van der Waals surface area contributed by atoms with Gasteiger partial charge >= 0.3 is 0 Å². The summed E-state index contributed by atoms with van der Waals surface area (Å²) in [6, 6.07) is 62.0. The molecule has 2 aromatic heterocycles. The molecule has 0 aliphatic heterocycles.